The van der Waals surface area contributed by atoms with E-state index in [-0.39, 0.29) is 17.6 Å². The number of hydrogen-bond donors (Lipinski definition) is 4. The molecule has 0 saturated carbocycles. The van der Waals surface area contributed by atoms with Crippen LogP contribution in [0, 0.1) is 0 Å². The van der Waals surface area contributed by atoms with Gasteiger partial charge >= 0.3 is 5.97 Å². The van der Waals surface area contributed by atoms with Gasteiger partial charge in [-0.15, -0.1) is 0 Å². The van der Waals surface area contributed by atoms with Crippen molar-refractivity contribution in [1.29, 1.82) is 0 Å². The van der Waals surface area contributed by atoms with Crippen molar-refractivity contribution >= 4 is 46.7 Å². The maximum atomic E-state index is 12.6. The predicted molar refractivity (Wildman–Crippen MR) is 93.7 cm³/mol. The van der Waals surface area contributed by atoms with Crippen LogP contribution < -0.4 is 11.1 Å². The van der Waals surface area contributed by atoms with Crippen LogP contribution in [0.5, 0.6) is 0 Å². The lowest BCUT2D eigenvalue weighted by Crippen LogP contribution is -2.34. The third-order valence-corrected chi connectivity index (χ3v) is 4.45. The highest BCUT2D eigenvalue weighted by Gasteiger charge is 2.32. The molecule has 5 N–H and O–H groups in total. The molecule has 0 unspecified atom stereocenters. The molecule has 12 heteroatoms. The van der Waals surface area contributed by atoms with Crippen LogP contribution >= 0.6 is 11.8 Å². The lowest BCUT2D eigenvalue weighted by atomic mass is 10.2. The molecule has 1 amide bonds. The average Bonchev–Trinajstić information content (AvgIpc) is 3.03. The Hall–Kier alpha value is -3.28. The van der Waals surface area contributed by atoms with Crippen LogP contribution in [0.2, 0.25) is 0 Å². The van der Waals surface area contributed by atoms with Crippen molar-refractivity contribution < 1.29 is 14.7 Å². The van der Waals surface area contributed by atoms with Gasteiger partial charge in [-0.2, -0.15) is 4.98 Å². The molecule has 3 aromatic heterocycles. The van der Waals surface area contributed by atoms with E-state index in [0.717, 1.165) is 11.8 Å². The largest absolute Gasteiger partial charge is 0.477 e. The zero-order valence-electron chi connectivity index (χ0n) is 13.7. The van der Waals surface area contributed by atoms with Gasteiger partial charge < -0.3 is 15.8 Å². The number of imidazole rings is 1. The highest BCUT2D eigenvalue weighted by atomic mass is 32.2. The number of thioether (sulfide) groups is 1. The summed E-state index contributed by atoms with van der Waals surface area (Å²) in [7, 11) is 0. The molecule has 134 valence electrons. The standard InChI is InChI=1S/C14H14N8O3S/c1-14(2,11(25)22-13-16-4-3-6(19-13)10(23)24)26-9-7-8(18-5-17-7)20-12(15)21-9/h3-5H,1-2H3,(H,23,24)(H,16,19,22,25)(H3,15,17,18,20,21). The molecule has 0 aliphatic heterocycles. The van der Waals surface area contributed by atoms with Gasteiger partial charge in [0, 0.05) is 6.20 Å². The number of nitrogens with two attached hydrogens (primary N) is 1. The minimum atomic E-state index is -1.21. The first-order valence-corrected chi connectivity index (χ1v) is 8.11. The van der Waals surface area contributed by atoms with E-state index in [1.807, 2.05) is 0 Å². The van der Waals surface area contributed by atoms with Gasteiger partial charge in [0.15, 0.2) is 11.3 Å². The molecule has 0 fully saturated rings. The number of fused-ring (bicyclic) bond motifs is 1. The molecule has 0 saturated heterocycles. The number of amides is 1. The monoisotopic (exact) mass is 374 g/mol. The molecular formula is C14H14N8O3S. The number of H-pyrrole nitrogens is 1. The Morgan fingerprint density at radius 1 is 1.27 bits per heavy atom. The molecular weight excluding hydrogens is 360 g/mol. The van der Waals surface area contributed by atoms with Gasteiger partial charge in [0.2, 0.25) is 17.8 Å². The third kappa shape index (κ3) is 3.54. The molecule has 0 aromatic carbocycles. The fourth-order valence-electron chi connectivity index (χ4n) is 1.97. The number of carbonyl (C=O) groups excluding carboxylic acids is 1. The van der Waals surface area contributed by atoms with Gasteiger partial charge in [-0.25, -0.2) is 24.7 Å². The number of carboxylic acids is 1. The summed E-state index contributed by atoms with van der Waals surface area (Å²) >= 11 is 1.15. The predicted octanol–water partition coefficient (Wildman–Crippen LogP) is 0.933. The van der Waals surface area contributed by atoms with Crippen LogP contribution in [0.1, 0.15) is 24.3 Å². The number of rotatable bonds is 5. The molecule has 0 radical (unpaired) electrons. The SMILES string of the molecule is CC(C)(Sc1nc(N)nc2nc[nH]c12)C(=O)Nc1nccc(C(=O)O)n1. The number of anilines is 2. The normalized spacial score (nSPS) is 11.5. The van der Waals surface area contributed by atoms with Gasteiger partial charge in [0.25, 0.3) is 0 Å². The second-order valence-electron chi connectivity index (χ2n) is 5.63. The topological polar surface area (TPSA) is 173 Å². The number of aromatic nitrogens is 6. The summed E-state index contributed by atoms with van der Waals surface area (Å²) in [4.78, 5) is 46.3. The van der Waals surface area contributed by atoms with Crippen molar-refractivity contribution in [2.75, 3.05) is 11.1 Å². The Morgan fingerprint density at radius 3 is 2.77 bits per heavy atom. The molecule has 0 atom stereocenters. The van der Waals surface area contributed by atoms with E-state index in [4.69, 9.17) is 10.8 Å². The summed E-state index contributed by atoms with van der Waals surface area (Å²) in [5.41, 5.74) is 6.42. The number of nitrogen functional groups attached to an aromatic ring is 1. The molecule has 0 bridgehead atoms. The van der Waals surface area contributed by atoms with E-state index in [0.29, 0.717) is 16.2 Å². The number of aromatic carboxylic acids is 1. The first kappa shape index (κ1) is 17.5. The van der Waals surface area contributed by atoms with Crippen molar-refractivity contribution in [2.45, 2.75) is 23.6 Å². The van der Waals surface area contributed by atoms with E-state index in [9.17, 15) is 9.59 Å². The van der Waals surface area contributed by atoms with Crippen LogP contribution in [-0.4, -0.2) is 51.6 Å². The number of carbonyl (C=O) groups is 2. The number of nitrogens with zero attached hydrogens (tertiary/aromatic N) is 5. The van der Waals surface area contributed by atoms with Crippen molar-refractivity contribution in [3.05, 3.63) is 24.3 Å². The first-order chi connectivity index (χ1) is 12.3. The van der Waals surface area contributed by atoms with Gasteiger partial charge in [0.05, 0.1) is 11.1 Å². The molecule has 0 aliphatic carbocycles. The zero-order valence-corrected chi connectivity index (χ0v) is 14.5. The molecule has 0 spiro atoms. The van der Waals surface area contributed by atoms with Crippen molar-refractivity contribution in [3.63, 3.8) is 0 Å². The summed E-state index contributed by atoms with van der Waals surface area (Å²) in [5, 5.41) is 11.9. The first-order valence-electron chi connectivity index (χ1n) is 7.29. The Kier molecular flexibility index (Phi) is 4.42. The minimum absolute atomic E-state index is 0.0424. The Bertz CT molecular complexity index is 1000. The van der Waals surface area contributed by atoms with Crippen LogP contribution in [0.15, 0.2) is 23.6 Å². The van der Waals surface area contributed by atoms with Gasteiger partial charge in [-0.1, -0.05) is 11.8 Å². The number of nitrogens with one attached hydrogen (secondary N) is 2. The van der Waals surface area contributed by atoms with Gasteiger partial charge in [-0.05, 0) is 19.9 Å². The summed E-state index contributed by atoms with van der Waals surface area (Å²) in [5.74, 6) is -1.71. The van der Waals surface area contributed by atoms with E-state index >= 15 is 0 Å². The molecule has 0 aliphatic rings. The maximum Gasteiger partial charge on any atom is 0.354 e. The summed E-state index contributed by atoms with van der Waals surface area (Å²) < 4.78 is -0.999. The van der Waals surface area contributed by atoms with Crippen molar-refractivity contribution in [1.82, 2.24) is 29.9 Å². The Labute approximate surface area is 150 Å². The summed E-state index contributed by atoms with van der Waals surface area (Å²) in [6.07, 6.45) is 2.71. The summed E-state index contributed by atoms with van der Waals surface area (Å²) in [6, 6.07) is 1.23. The minimum Gasteiger partial charge on any atom is -0.477 e. The lowest BCUT2D eigenvalue weighted by molar-refractivity contribution is -0.117. The van der Waals surface area contributed by atoms with Gasteiger partial charge in [0.1, 0.15) is 10.5 Å². The second kappa shape index (κ2) is 6.55. The number of hydrogen-bond acceptors (Lipinski definition) is 9. The fourth-order valence-corrected chi connectivity index (χ4v) is 2.99. The third-order valence-electron chi connectivity index (χ3n) is 3.27. The molecule has 3 rings (SSSR count). The van der Waals surface area contributed by atoms with E-state index in [1.54, 1.807) is 13.8 Å². The molecule has 26 heavy (non-hydrogen) atoms. The van der Waals surface area contributed by atoms with Crippen molar-refractivity contribution in [3.8, 4) is 0 Å². The Morgan fingerprint density at radius 2 is 2.04 bits per heavy atom. The highest BCUT2D eigenvalue weighted by Crippen LogP contribution is 2.35. The second-order valence-corrected chi connectivity index (χ2v) is 7.24. The summed E-state index contributed by atoms with van der Waals surface area (Å²) in [6.45, 7) is 3.35. The highest BCUT2D eigenvalue weighted by molar-refractivity contribution is 8.01. The fraction of sp³-hybridized carbons (Fsp3) is 0.214. The lowest BCUT2D eigenvalue weighted by Gasteiger charge is -2.22. The van der Waals surface area contributed by atoms with E-state index in [1.165, 1.54) is 18.6 Å². The van der Waals surface area contributed by atoms with Crippen molar-refractivity contribution in [2.24, 2.45) is 0 Å². The number of aromatic amines is 1. The molecule has 3 heterocycles. The van der Waals surface area contributed by atoms with Crippen LogP contribution in [0.3, 0.4) is 0 Å². The molecule has 11 nitrogen and oxygen atoms in total. The van der Waals surface area contributed by atoms with E-state index < -0.39 is 16.6 Å². The van der Waals surface area contributed by atoms with Crippen LogP contribution in [0.4, 0.5) is 11.9 Å². The smallest absolute Gasteiger partial charge is 0.354 e. The maximum absolute atomic E-state index is 12.6. The zero-order chi connectivity index (χ0) is 18.9. The van der Waals surface area contributed by atoms with Gasteiger partial charge in [-0.3, -0.25) is 10.1 Å². The van der Waals surface area contributed by atoms with Crippen LogP contribution in [0.25, 0.3) is 11.2 Å². The molecule has 3 aromatic rings. The number of carboxylic acid groups (broad SMARTS) is 1. The quantitative estimate of drug-likeness (QED) is 0.371. The Balaban J connectivity index is 1.83. The van der Waals surface area contributed by atoms with E-state index in [2.05, 4.69) is 35.2 Å². The average molecular weight is 374 g/mol. The van der Waals surface area contributed by atoms with Crippen LogP contribution in [-0.2, 0) is 4.79 Å².